The van der Waals surface area contributed by atoms with Gasteiger partial charge in [-0.15, -0.1) is 10.2 Å². The van der Waals surface area contributed by atoms with E-state index in [2.05, 4.69) is 20.5 Å². The smallest absolute Gasteiger partial charge is 0.249 e. The Morgan fingerprint density at radius 3 is 2.91 bits per heavy atom. The van der Waals surface area contributed by atoms with E-state index in [9.17, 15) is 4.79 Å². The molecule has 1 amide bonds. The number of pyridine rings is 1. The molecule has 0 aromatic carbocycles. The van der Waals surface area contributed by atoms with Crippen molar-refractivity contribution in [3.63, 3.8) is 0 Å². The number of carbonyl (C=O) groups is 1. The molecule has 6 heteroatoms. The Balaban J connectivity index is 1.48. The fourth-order valence-corrected chi connectivity index (χ4v) is 2.76. The van der Waals surface area contributed by atoms with Gasteiger partial charge in [-0.25, -0.2) is 0 Å². The Morgan fingerprint density at radius 2 is 2.14 bits per heavy atom. The predicted octanol–water partition coefficient (Wildman–Crippen LogP) is 2.37. The summed E-state index contributed by atoms with van der Waals surface area (Å²) in [6.45, 7) is 0.532. The number of aromatic nitrogens is 3. The molecule has 116 valence electrons. The van der Waals surface area contributed by atoms with E-state index in [0.717, 1.165) is 31.2 Å². The summed E-state index contributed by atoms with van der Waals surface area (Å²) < 4.78 is 5.58. The van der Waals surface area contributed by atoms with Crippen LogP contribution >= 0.6 is 0 Å². The molecule has 0 saturated heterocycles. The van der Waals surface area contributed by atoms with Crippen molar-refractivity contribution in [2.24, 2.45) is 5.92 Å². The lowest BCUT2D eigenvalue weighted by Crippen LogP contribution is -2.33. The molecule has 6 nitrogen and oxygen atoms in total. The lowest BCUT2D eigenvalue weighted by atomic mass is 9.89. The zero-order chi connectivity index (χ0) is 15.2. The molecule has 2 aromatic rings. The second-order valence-electron chi connectivity index (χ2n) is 5.62. The highest BCUT2D eigenvalue weighted by Crippen LogP contribution is 2.23. The van der Waals surface area contributed by atoms with Crippen molar-refractivity contribution >= 4 is 5.91 Å². The molecule has 1 saturated carbocycles. The van der Waals surface area contributed by atoms with Gasteiger partial charge in [-0.3, -0.25) is 9.78 Å². The summed E-state index contributed by atoms with van der Waals surface area (Å²) >= 11 is 0. The van der Waals surface area contributed by atoms with Crippen LogP contribution < -0.4 is 5.32 Å². The van der Waals surface area contributed by atoms with Crippen LogP contribution in [0.3, 0.4) is 0 Å². The van der Waals surface area contributed by atoms with Crippen LogP contribution in [0.5, 0.6) is 0 Å². The minimum atomic E-state index is 0.159. The Kier molecular flexibility index (Phi) is 4.78. The molecule has 2 heterocycles. The Bertz CT molecular complexity index is 606. The summed E-state index contributed by atoms with van der Waals surface area (Å²) in [4.78, 5) is 16.1. The van der Waals surface area contributed by atoms with Gasteiger partial charge >= 0.3 is 0 Å². The largest absolute Gasteiger partial charge is 0.421 e. The van der Waals surface area contributed by atoms with E-state index in [0.29, 0.717) is 24.7 Å². The molecule has 22 heavy (non-hydrogen) atoms. The van der Waals surface area contributed by atoms with Crippen LogP contribution in [-0.2, 0) is 11.2 Å². The second kappa shape index (κ2) is 7.15. The maximum atomic E-state index is 12.0. The summed E-state index contributed by atoms with van der Waals surface area (Å²) in [7, 11) is 0. The quantitative estimate of drug-likeness (QED) is 0.916. The number of nitrogens with one attached hydrogen (secondary N) is 1. The fourth-order valence-electron chi connectivity index (χ4n) is 2.76. The Labute approximate surface area is 129 Å². The first-order chi connectivity index (χ1) is 10.8. The highest BCUT2D eigenvalue weighted by molar-refractivity contribution is 5.78. The number of hydrogen-bond acceptors (Lipinski definition) is 5. The summed E-state index contributed by atoms with van der Waals surface area (Å²) in [5, 5.41) is 11.0. The van der Waals surface area contributed by atoms with Gasteiger partial charge in [0.1, 0.15) is 0 Å². The van der Waals surface area contributed by atoms with Crippen molar-refractivity contribution in [1.82, 2.24) is 20.5 Å². The van der Waals surface area contributed by atoms with Crippen LogP contribution in [0.15, 0.2) is 28.9 Å². The molecule has 0 spiro atoms. The molecule has 0 atom stereocenters. The van der Waals surface area contributed by atoms with Gasteiger partial charge in [-0.05, 0) is 25.0 Å². The normalized spacial score (nSPS) is 15.6. The van der Waals surface area contributed by atoms with E-state index in [-0.39, 0.29) is 11.8 Å². The molecule has 1 aliphatic rings. The molecule has 0 aliphatic heterocycles. The van der Waals surface area contributed by atoms with E-state index in [1.165, 1.54) is 6.42 Å². The first kappa shape index (κ1) is 14.7. The number of nitrogens with zero attached hydrogens (tertiary/aromatic N) is 3. The molecule has 2 aromatic heterocycles. The van der Waals surface area contributed by atoms with Crippen molar-refractivity contribution < 1.29 is 9.21 Å². The average molecular weight is 300 g/mol. The third-order valence-electron chi connectivity index (χ3n) is 3.99. The highest BCUT2D eigenvalue weighted by Gasteiger charge is 2.20. The summed E-state index contributed by atoms with van der Waals surface area (Å²) in [6, 6.07) is 3.69. The maximum Gasteiger partial charge on any atom is 0.249 e. The Morgan fingerprint density at radius 1 is 1.27 bits per heavy atom. The molecule has 0 radical (unpaired) electrons. The second-order valence-corrected chi connectivity index (χ2v) is 5.62. The third-order valence-corrected chi connectivity index (χ3v) is 3.99. The molecule has 0 unspecified atom stereocenters. The van der Waals surface area contributed by atoms with Gasteiger partial charge in [0, 0.05) is 31.3 Å². The predicted molar refractivity (Wildman–Crippen MR) is 80.8 cm³/mol. The van der Waals surface area contributed by atoms with Gasteiger partial charge in [-0.2, -0.15) is 0 Å². The number of carbonyl (C=O) groups excluding carboxylic acids is 1. The van der Waals surface area contributed by atoms with Crippen molar-refractivity contribution in [3.8, 4) is 11.5 Å². The van der Waals surface area contributed by atoms with Crippen LogP contribution in [0.2, 0.25) is 0 Å². The lowest BCUT2D eigenvalue weighted by Gasteiger charge is -2.20. The maximum absolute atomic E-state index is 12.0. The SMILES string of the molecule is O=C(NCCc1nnc(-c2cccnc2)o1)C1CCCCC1. The number of amides is 1. The van der Waals surface area contributed by atoms with E-state index in [4.69, 9.17) is 4.42 Å². The van der Waals surface area contributed by atoms with Crippen LogP contribution in [0, 0.1) is 5.92 Å². The first-order valence-electron chi connectivity index (χ1n) is 7.83. The molecule has 1 fully saturated rings. The van der Waals surface area contributed by atoms with Crippen LogP contribution in [0.25, 0.3) is 11.5 Å². The van der Waals surface area contributed by atoms with E-state index in [1.807, 2.05) is 12.1 Å². The third kappa shape index (κ3) is 3.69. The minimum Gasteiger partial charge on any atom is -0.421 e. The summed E-state index contributed by atoms with van der Waals surface area (Å²) in [5.41, 5.74) is 0.799. The fraction of sp³-hybridized carbons (Fsp3) is 0.500. The van der Waals surface area contributed by atoms with E-state index >= 15 is 0 Å². The molecule has 0 bridgehead atoms. The average Bonchev–Trinajstić information content (AvgIpc) is 3.05. The molecular formula is C16H20N4O2. The highest BCUT2D eigenvalue weighted by atomic mass is 16.4. The zero-order valence-electron chi connectivity index (χ0n) is 12.5. The van der Waals surface area contributed by atoms with E-state index < -0.39 is 0 Å². The van der Waals surface area contributed by atoms with Gasteiger partial charge in [0.05, 0.1) is 5.56 Å². The van der Waals surface area contributed by atoms with Gasteiger partial charge < -0.3 is 9.73 Å². The summed E-state index contributed by atoms with van der Waals surface area (Å²) in [6.07, 6.45) is 9.53. The van der Waals surface area contributed by atoms with Crippen molar-refractivity contribution in [2.75, 3.05) is 6.54 Å². The van der Waals surface area contributed by atoms with Crippen LogP contribution in [0.4, 0.5) is 0 Å². The van der Waals surface area contributed by atoms with Crippen molar-refractivity contribution in [3.05, 3.63) is 30.4 Å². The van der Waals surface area contributed by atoms with Crippen molar-refractivity contribution in [1.29, 1.82) is 0 Å². The van der Waals surface area contributed by atoms with E-state index in [1.54, 1.807) is 12.4 Å². The molecular weight excluding hydrogens is 280 g/mol. The van der Waals surface area contributed by atoms with Gasteiger partial charge in [-0.1, -0.05) is 19.3 Å². The monoisotopic (exact) mass is 300 g/mol. The van der Waals surface area contributed by atoms with Crippen LogP contribution in [-0.4, -0.2) is 27.6 Å². The molecule has 1 aliphatic carbocycles. The van der Waals surface area contributed by atoms with Crippen molar-refractivity contribution in [2.45, 2.75) is 38.5 Å². The number of rotatable bonds is 5. The molecule has 1 N–H and O–H groups in total. The summed E-state index contributed by atoms with van der Waals surface area (Å²) in [5.74, 6) is 1.33. The number of hydrogen-bond donors (Lipinski definition) is 1. The first-order valence-corrected chi connectivity index (χ1v) is 7.83. The standard InChI is InChI=1S/C16H20N4O2/c21-15(12-5-2-1-3-6-12)18-10-8-14-19-20-16(22-14)13-7-4-9-17-11-13/h4,7,9,11-12H,1-3,5-6,8,10H2,(H,18,21). The molecule has 3 rings (SSSR count). The Hall–Kier alpha value is -2.24. The van der Waals surface area contributed by atoms with Gasteiger partial charge in [0.15, 0.2) is 0 Å². The lowest BCUT2D eigenvalue weighted by molar-refractivity contribution is -0.125. The van der Waals surface area contributed by atoms with Gasteiger partial charge in [0.2, 0.25) is 17.7 Å². The zero-order valence-corrected chi connectivity index (χ0v) is 12.5. The topological polar surface area (TPSA) is 80.9 Å². The van der Waals surface area contributed by atoms with Gasteiger partial charge in [0.25, 0.3) is 0 Å². The van der Waals surface area contributed by atoms with Crippen LogP contribution in [0.1, 0.15) is 38.0 Å². The minimum absolute atomic E-state index is 0.159.